The van der Waals surface area contributed by atoms with Gasteiger partial charge in [-0.1, -0.05) is 19.3 Å². The number of nitrogens with two attached hydrogens (primary N) is 1. The van der Waals surface area contributed by atoms with Crippen molar-refractivity contribution in [1.82, 2.24) is 10.2 Å². The van der Waals surface area contributed by atoms with Crippen LogP contribution >= 0.6 is 0 Å². The maximum absolute atomic E-state index is 6.08. The van der Waals surface area contributed by atoms with Gasteiger partial charge in [0.05, 0.1) is 0 Å². The van der Waals surface area contributed by atoms with E-state index in [2.05, 4.69) is 24.2 Å². The number of nitrogens with zero attached hydrogens (tertiary/aromatic N) is 1. The third-order valence-corrected chi connectivity index (χ3v) is 4.89. The Morgan fingerprint density at radius 3 is 2.59 bits per heavy atom. The first-order valence-corrected chi connectivity index (χ1v) is 7.33. The lowest BCUT2D eigenvalue weighted by Gasteiger charge is -2.46. The van der Waals surface area contributed by atoms with Gasteiger partial charge in [0, 0.05) is 24.2 Å². The smallest absolute Gasteiger partial charge is 0.0333 e. The summed E-state index contributed by atoms with van der Waals surface area (Å²) in [6, 6.07) is 1.38. The van der Waals surface area contributed by atoms with Gasteiger partial charge >= 0.3 is 0 Å². The van der Waals surface area contributed by atoms with Gasteiger partial charge in [0.1, 0.15) is 0 Å². The van der Waals surface area contributed by atoms with Crippen molar-refractivity contribution in [3.63, 3.8) is 0 Å². The zero-order valence-corrected chi connectivity index (χ0v) is 11.5. The molecule has 2 aliphatic rings. The summed E-state index contributed by atoms with van der Waals surface area (Å²) in [4.78, 5) is 2.45. The van der Waals surface area contributed by atoms with Gasteiger partial charge in [0.25, 0.3) is 0 Å². The SMILES string of the molecule is CC1CC(CN)(NC2CCCCC2)CCN1C. The van der Waals surface area contributed by atoms with Gasteiger partial charge in [-0.3, -0.25) is 0 Å². The van der Waals surface area contributed by atoms with E-state index in [1.807, 2.05) is 0 Å². The van der Waals surface area contributed by atoms with E-state index in [4.69, 9.17) is 5.73 Å². The number of nitrogens with one attached hydrogen (secondary N) is 1. The Morgan fingerprint density at radius 2 is 2.00 bits per heavy atom. The number of piperidine rings is 1. The molecule has 0 aromatic carbocycles. The zero-order chi connectivity index (χ0) is 12.3. The van der Waals surface area contributed by atoms with E-state index in [1.165, 1.54) is 51.5 Å². The van der Waals surface area contributed by atoms with Crippen molar-refractivity contribution in [2.75, 3.05) is 20.1 Å². The average Bonchev–Trinajstić information content (AvgIpc) is 2.35. The Balaban J connectivity index is 1.94. The predicted octanol–water partition coefficient (Wildman–Crippen LogP) is 1.72. The molecule has 100 valence electrons. The van der Waals surface area contributed by atoms with Gasteiger partial charge in [-0.25, -0.2) is 0 Å². The quantitative estimate of drug-likeness (QED) is 0.788. The lowest BCUT2D eigenvalue weighted by atomic mass is 9.81. The van der Waals surface area contributed by atoms with Crippen LogP contribution in [0.4, 0.5) is 0 Å². The number of hydrogen-bond acceptors (Lipinski definition) is 3. The molecule has 2 fully saturated rings. The maximum atomic E-state index is 6.08. The molecule has 3 nitrogen and oxygen atoms in total. The molecule has 2 atom stereocenters. The monoisotopic (exact) mass is 239 g/mol. The number of likely N-dealkylation sites (tertiary alicyclic amines) is 1. The lowest BCUT2D eigenvalue weighted by molar-refractivity contribution is 0.0969. The van der Waals surface area contributed by atoms with Crippen molar-refractivity contribution in [3.8, 4) is 0 Å². The van der Waals surface area contributed by atoms with E-state index < -0.39 is 0 Å². The zero-order valence-electron chi connectivity index (χ0n) is 11.5. The summed E-state index contributed by atoms with van der Waals surface area (Å²) in [5.74, 6) is 0. The van der Waals surface area contributed by atoms with Crippen LogP contribution in [0, 0.1) is 0 Å². The highest BCUT2D eigenvalue weighted by Gasteiger charge is 2.37. The molecule has 3 heteroatoms. The van der Waals surface area contributed by atoms with E-state index in [0.29, 0.717) is 6.04 Å². The summed E-state index contributed by atoms with van der Waals surface area (Å²) in [6.07, 6.45) is 9.34. The van der Waals surface area contributed by atoms with Crippen molar-refractivity contribution in [2.24, 2.45) is 5.73 Å². The van der Waals surface area contributed by atoms with Gasteiger partial charge in [-0.15, -0.1) is 0 Å². The summed E-state index contributed by atoms with van der Waals surface area (Å²) in [5.41, 5.74) is 6.30. The van der Waals surface area contributed by atoms with Crippen molar-refractivity contribution >= 4 is 0 Å². The molecule has 0 aromatic heterocycles. The first-order valence-electron chi connectivity index (χ1n) is 7.33. The Labute approximate surface area is 106 Å². The van der Waals surface area contributed by atoms with Gasteiger partial charge in [-0.2, -0.15) is 0 Å². The van der Waals surface area contributed by atoms with Crippen LogP contribution in [0.2, 0.25) is 0 Å². The molecule has 0 amide bonds. The molecule has 0 spiro atoms. The molecule has 1 aliphatic carbocycles. The molecule has 2 rings (SSSR count). The van der Waals surface area contributed by atoms with Crippen LogP contribution in [0.3, 0.4) is 0 Å². The van der Waals surface area contributed by atoms with Crippen molar-refractivity contribution in [2.45, 2.75) is 69.5 Å². The molecule has 17 heavy (non-hydrogen) atoms. The summed E-state index contributed by atoms with van der Waals surface area (Å²) in [6.45, 7) is 4.30. The third kappa shape index (κ3) is 3.21. The van der Waals surface area contributed by atoms with Crippen LogP contribution in [0.1, 0.15) is 51.9 Å². The average molecular weight is 239 g/mol. The fraction of sp³-hybridized carbons (Fsp3) is 1.00. The first-order chi connectivity index (χ1) is 8.15. The summed E-state index contributed by atoms with van der Waals surface area (Å²) in [5, 5.41) is 3.92. The van der Waals surface area contributed by atoms with Crippen molar-refractivity contribution < 1.29 is 0 Å². The van der Waals surface area contributed by atoms with Crippen LogP contribution in [-0.2, 0) is 0 Å². The van der Waals surface area contributed by atoms with Crippen LogP contribution in [0.5, 0.6) is 0 Å². The standard InChI is InChI=1S/C14H29N3/c1-12-10-14(11-15,8-9-17(12)2)16-13-6-4-3-5-7-13/h12-13,16H,3-11,15H2,1-2H3. The highest BCUT2D eigenvalue weighted by atomic mass is 15.2. The fourth-order valence-corrected chi connectivity index (χ4v) is 3.49. The summed E-state index contributed by atoms with van der Waals surface area (Å²) >= 11 is 0. The van der Waals surface area contributed by atoms with Gasteiger partial charge in [-0.05, 0) is 46.2 Å². The molecule has 0 bridgehead atoms. The van der Waals surface area contributed by atoms with Gasteiger partial charge in [0.15, 0.2) is 0 Å². The van der Waals surface area contributed by atoms with Gasteiger partial charge < -0.3 is 16.0 Å². The van der Waals surface area contributed by atoms with Crippen LogP contribution in [-0.4, -0.2) is 42.7 Å². The summed E-state index contributed by atoms with van der Waals surface area (Å²) in [7, 11) is 2.23. The second-order valence-corrected chi connectivity index (χ2v) is 6.25. The minimum atomic E-state index is 0.216. The van der Waals surface area contributed by atoms with Crippen LogP contribution in [0.25, 0.3) is 0 Å². The highest BCUT2D eigenvalue weighted by Crippen LogP contribution is 2.28. The first kappa shape index (κ1) is 13.3. The Kier molecular flexibility index (Phi) is 4.45. The van der Waals surface area contributed by atoms with E-state index in [-0.39, 0.29) is 5.54 Å². The van der Waals surface area contributed by atoms with Crippen LogP contribution in [0.15, 0.2) is 0 Å². The second-order valence-electron chi connectivity index (χ2n) is 6.25. The van der Waals surface area contributed by atoms with Crippen LogP contribution < -0.4 is 11.1 Å². The van der Waals surface area contributed by atoms with Gasteiger partial charge in [0.2, 0.25) is 0 Å². The van der Waals surface area contributed by atoms with E-state index in [1.54, 1.807) is 0 Å². The molecular formula is C14H29N3. The van der Waals surface area contributed by atoms with E-state index in [9.17, 15) is 0 Å². The number of rotatable bonds is 3. The largest absolute Gasteiger partial charge is 0.329 e. The lowest BCUT2D eigenvalue weighted by Crippen LogP contribution is -2.62. The maximum Gasteiger partial charge on any atom is 0.0333 e. The van der Waals surface area contributed by atoms with E-state index in [0.717, 1.165) is 12.6 Å². The minimum absolute atomic E-state index is 0.216. The molecule has 2 unspecified atom stereocenters. The molecular weight excluding hydrogens is 210 g/mol. The topological polar surface area (TPSA) is 41.3 Å². The predicted molar refractivity (Wildman–Crippen MR) is 73.1 cm³/mol. The van der Waals surface area contributed by atoms with Crippen molar-refractivity contribution in [1.29, 1.82) is 0 Å². The molecule has 1 heterocycles. The normalized spacial score (nSPS) is 37.2. The third-order valence-electron chi connectivity index (χ3n) is 4.89. The molecule has 1 saturated carbocycles. The minimum Gasteiger partial charge on any atom is -0.329 e. The second kappa shape index (κ2) is 5.68. The summed E-state index contributed by atoms with van der Waals surface area (Å²) < 4.78 is 0. The molecule has 3 N–H and O–H groups in total. The Bertz CT molecular complexity index is 238. The molecule has 1 aliphatic heterocycles. The van der Waals surface area contributed by atoms with Crippen molar-refractivity contribution in [3.05, 3.63) is 0 Å². The Hall–Kier alpha value is -0.120. The molecule has 0 aromatic rings. The number of hydrogen-bond donors (Lipinski definition) is 2. The molecule has 1 saturated heterocycles. The highest BCUT2D eigenvalue weighted by molar-refractivity contribution is 4.98. The van der Waals surface area contributed by atoms with E-state index >= 15 is 0 Å². The molecule has 0 radical (unpaired) electrons. The fourth-order valence-electron chi connectivity index (χ4n) is 3.49. The Morgan fingerprint density at radius 1 is 1.29 bits per heavy atom.